The largest absolute Gasteiger partial charge is 0.392 e. The van der Waals surface area contributed by atoms with Gasteiger partial charge < -0.3 is 10.6 Å². The van der Waals surface area contributed by atoms with Crippen molar-refractivity contribution in [2.24, 2.45) is 5.73 Å². The molecule has 0 aromatic rings. The Labute approximate surface area is 104 Å². The molecule has 0 aromatic heterocycles. The molecule has 0 radical (unpaired) electrons. The zero-order valence-electron chi connectivity index (χ0n) is 10.2. The number of piperidine rings is 1. The van der Waals surface area contributed by atoms with Crippen LogP contribution in [0, 0.1) is 0 Å². The fourth-order valence-electron chi connectivity index (χ4n) is 3.10. The van der Waals surface area contributed by atoms with E-state index in [1.54, 1.807) is 0 Å². The third-order valence-electron chi connectivity index (χ3n) is 4.30. The van der Waals surface area contributed by atoms with Gasteiger partial charge in [0.05, 0.1) is 10.5 Å². The molecule has 0 atom stereocenters. The van der Waals surface area contributed by atoms with Gasteiger partial charge in [-0.15, -0.1) is 0 Å². The van der Waals surface area contributed by atoms with Crippen LogP contribution in [0.4, 0.5) is 0 Å². The smallest absolute Gasteiger partial charge is 0.0934 e. The molecule has 2 saturated heterocycles. The third-order valence-corrected chi connectivity index (χ3v) is 4.68. The fourth-order valence-corrected chi connectivity index (χ4v) is 3.44. The molecular formula is C12H23N3S. The number of hydrogen-bond donors (Lipinski definition) is 1. The molecule has 0 spiro atoms. The van der Waals surface area contributed by atoms with Crippen LogP contribution in [0.5, 0.6) is 0 Å². The lowest BCUT2D eigenvalue weighted by Crippen LogP contribution is -2.60. The molecule has 2 rings (SSSR count). The maximum absolute atomic E-state index is 6.04. The van der Waals surface area contributed by atoms with Crippen molar-refractivity contribution >= 4 is 17.2 Å². The first kappa shape index (κ1) is 12.3. The summed E-state index contributed by atoms with van der Waals surface area (Å²) in [6.45, 7) is 8.03. The average molecular weight is 241 g/mol. The summed E-state index contributed by atoms with van der Waals surface area (Å²) in [6, 6.07) is 0. The van der Waals surface area contributed by atoms with E-state index in [1.807, 2.05) is 0 Å². The third kappa shape index (κ3) is 2.11. The number of nitrogens with two attached hydrogens (primary N) is 1. The second-order valence-corrected chi connectivity index (χ2v) is 5.46. The number of nitrogens with zero attached hydrogens (tertiary/aromatic N) is 2. The van der Waals surface area contributed by atoms with E-state index < -0.39 is 0 Å². The maximum Gasteiger partial charge on any atom is 0.0934 e. The molecule has 0 saturated carbocycles. The van der Waals surface area contributed by atoms with Crippen molar-refractivity contribution in [2.75, 3.05) is 32.7 Å². The minimum atomic E-state index is 0.0392. The van der Waals surface area contributed by atoms with Gasteiger partial charge in [-0.2, -0.15) is 0 Å². The highest BCUT2D eigenvalue weighted by atomic mass is 32.1. The average Bonchev–Trinajstić information content (AvgIpc) is 2.82. The molecule has 0 aliphatic carbocycles. The Kier molecular flexibility index (Phi) is 3.82. The van der Waals surface area contributed by atoms with Crippen LogP contribution in [-0.4, -0.2) is 53.1 Å². The molecule has 0 unspecified atom stereocenters. The molecule has 0 aromatic carbocycles. The minimum absolute atomic E-state index is 0.0392. The zero-order chi connectivity index (χ0) is 11.6. The molecular weight excluding hydrogens is 218 g/mol. The van der Waals surface area contributed by atoms with Crippen molar-refractivity contribution in [1.29, 1.82) is 0 Å². The second-order valence-electron chi connectivity index (χ2n) is 5.02. The lowest BCUT2D eigenvalue weighted by Gasteiger charge is -2.46. The summed E-state index contributed by atoms with van der Waals surface area (Å²) in [5.41, 5.74) is 6.08. The van der Waals surface area contributed by atoms with Crippen LogP contribution in [0.25, 0.3) is 0 Å². The lowest BCUT2D eigenvalue weighted by molar-refractivity contribution is 0.0912. The summed E-state index contributed by atoms with van der Waals surface area (Å²) in [4.78, 5) is 5.76. The van der Waals surface area contributed by atoms with Crippen molar-refractivity contribution in [3.8, 4) is 0 Å². The Morgan fingerprint density at radius 3 is 2.19 bits per heavy atom. The van der Waals surface area contributed by atoms with E-state index in [1.165, 1.54) is 25.9 Å². The second kappa shape index (κ2) is 4.98. The van der Waals surface area contributed by atoms with Gasteiger partial charge >= 0.3 is 0 Å². The Bertz CT molecular complexity index is 253. The highest BCUT2D eigenvalue weighted by Crippen LogP contribution is 2.32. The van der Waals surface area contributed by atoms with Gasteiger partial charge in [0.15, 0.2) is 0 Å². The summed E-state index contributed by atoms with van der Waals surface area (Å²) >= 11 is 5.36. The molecule has 2 N–H and O–H groups in total. The van der Waals surface area contributed by atoms with Crippen LogP contribution in [0.1, 0.15) is 32.6 Å². The van der Waals surface area contributed by atoms with Crippen molar-refractivity contribution in [3.05, 3.63) is 0 Å². The molecule has 2 aliphatic rings. The predicted molar refractivity (Wildman–Crippen MR) is 71.7 cm³/mol. The van der Waals surface area contributed by atoms with Gasteiger partial charge in [-0.05, 0) is 45.3 Å². The number of hydrogen-bond acceptors (Lipinski definition) is 3. The van der Waals surface area contributed by atoms with Gasteiger partial charge in [0.1, 0.15) is 0 Å². The maximum atomic E-state index is 6.04. The molecule has 16 heavy (non-hydrogen) atoms. The van der Waals surface area contributed by atoms with Gasteiger partial charge in [0.2, 0.25) is 0 Å². The van der Waals surface area contributed by atoms with E-state index in [4.69, 9.17) is 18.0 Å². The normalized spacial score (nSPS) is 27.1. The predicted octanol–water partition coefficient (Wildman–Crippen LogP) is 1.22. The summed E-state index contributed by atoms with van der Waals surface area (Å²) in [5, 5.41) is 0. The van der Waals surface area contributed by atoms with Gasteiger partial charge in [-0.3, -0.25) is 4.90 Å². The Morgan fingerprint density at radius 1 is 1.19 bits per heavy atom. The SMILES string of the molecule is CCN1CCC(C(N)=S)(N2CCCC2)CC1. The van der Waals surface area contributed by atoms with E-state index >= 15 is 0 Å². The van der Waals surface area contributed by atoms with E-state index in [-0.39, 0.29) is 5.54 Å². The summed E-state index contributed by atoms with van der Waals surface area (Å²) in [5.74, 6) is 0. The van der Waals surface area contributed by atoms with E-state index in [9.17, 15) is 0 Å². The van der Waals surface area contributed by atoms with Crippen LogP contribution in [-0.2, 0) is 0 Å². The highest BCUT2D eigenvalue weighted by Gasteiger charge is 2.42. The number of likely N-dealkylation sites (tertiary alicyclic amines) is 2. The quantitative estimate of drug-likeness (QED) is 0.753. The monoisotopic (exact) mass is 241 g/mol. The van der Waals surface area contributed by atoms with Gasteiger partial charge in [-0.1, -0.05) is 19.1 Å². The molecule has 2 heterocycles. The van der Waals surface area contributed by atoms with E-state index in [0.717, 1.165) is 37.5 Å². The summed E-state index contributed by atoms with van der Waals surface area (Å²) < 4.78 is 0. The van der Waals surface area contributed by atoms with E-state index in [2.05, 4.69) is 16.7 Å². The molecule has 2 fully saturated rings. The van der Waals surface area contributed by atoms with Crippen LogP contribution in [0.2, 0.25) is 0 Å². The van der Waals surface area contributed by atoms with Gasteiger partial charge in [-0.25, -0.2) is 0 Å². The fraction of sp³-hybridized carbons (Fsp3) is 0.917. The Balaban J connectivity index is 2.08. The summed E-state index contributed by atoms with van der Waals surface area (Å²) in [7, 11) is 0. The number of thiocarbonyl (C=S) groups is 1. The van der Waals surface area contributed by atoms with Gasteiger partial charge in [0, 0.05) is 13.1 Å². The van der Waals surface area contributed by atoms with Crippen molar-refractivity contribution in [3.63, 3.8) is 0 Å². The van der Waals surface area contributed by atoms with Gasteiger partial charge in [0.25, 0.3) is 0 Å². The molecule has 92 valence electrons. The standard InChI is InChI=1S/C12H23N3S/c1-2-14-9-5-12(6-10-14,11(13)16)15-7-3-4-8-15/h2-10H2,1H3,(H2,13,16). The van der Waals surface area contributed by atoms with Crippen LogP contribution >= 0.6 is 12.2 Å². The van der Waals surface area contributed by atoms with Crippen LogP contribution in [0.15, 0.2) is 0 Å². The number of rotatable bonds is 3. The van der Waals surface area contributed by atoms with E-state index in [0.29, 0.717) is 0 Å². The molecule has 0 amide bonds. The topological polar surface area (TPSA) is 32.5 Å². The summed E-state index contributed by atoms with van der Waals surface area (Å²) in [6.07, 6.45) is 4.86. The minimum Gasteiger partial charge on any atom is -0.392 e. The molecule has 4 heteroatoms. The molecule has 2 aliphatic heterocycles. The highest BCUT2D eigenvalue weighted by molar-refractivity contribution is 7.80. The van der Waals surface area contributed by atoms with Crippen LogP contribution in [0.3, 0.4) is 0 Å². The Morgan fingerprint density at radius 2 is 1.75 bits per heavy atom. The first-order valence-electron chi connectivity index (χ1n) is 6.46. The van der Waals surface area contributed by atoms with Crippen molar-refractivity contribution in [1.82, 2.24) is 9.80 Å². The zero-order valence-corrected chi connectivity index (χ0v) is 11.1. The van der Waals surface area contributed by atoms with Crippen molar-refractivity contribution in [2.45, 2.75) is 38.1 Å². The Hall–Kier alpha value is -0.190. The van der Waals surface area contributed by atoms with Crippen LogP contribution < -0.4 is 5.73 Å². The van der Waals surface area contributed by atoms with Crippen molar-refractivity contribution < 1.29 is 0 Å². The first-order chi connectivity index (χ1) is 7.69. The lowest BCUT2D eigenvalue weighted by atomic mass is 9.85. The molecule has 0 bridgehead atoms. The first-order valence-corrected chi connectivity index (χ1v) is 6.87. The molecule has 3 nitrogen and oxygen atoms in total.